The molecule has 138 valence electrons. The van der Waals surface area contributed by atoms with Crippen molar-refractivity contribution in [2.75, 3.05) is 0 Å². The molecule has 2 heterocycles. The van der Waals surface area contributed by atoms with Crippen molar-refractivity contribution in [1.29, 1.82) is 5.26 Å². The Labute approximate surface area is 161 Å². The third-order valence-electron chi connectivity index (χ3n) is 4.37. The van der Waals surface area contributed by atoms with Gasteiger partial charge in [-0.25, -0.2) is 18.1 Å². The van der Waals surface area contributed by atoms with Crippen molar-refractivity contribution in [3.05, 3.63) is 97.5 Å². The summed E-state index contributed by atoms with van der Waals surface area (Å²) < 4.78 is 30.1. The predicted molar refractivity (Wildman–Crippen MR) is 102 cm³/mol. The van der Waals surface area contributed by atoms with Crippen LogP contribution in [0.5, 0.6) is 0 Å². The standard InChI is InChI=1S/C20H11F2N3O2S/c21-14-5-6-15(22)17(9-14)25-19(26)18-16(7-8-28-18)24(20(25)27)11-13-4-2-1-3-12(13)10-23/h1-9H,11H2. The van der Waals surface area contributed by atoms with Crippen LogP contribution in [-0.4, -0.2) is 9.13 Å². The first-order valence-electron chi connectivity index (χ1n) is 8.17. The molecule has 4 rings (SSSR count). The maximum atomic E-state index is 14.3. The average Bonchev–Trinajstić information content (AvgIpc) is 3.18. The lowest BCUT2D eigenvalue weighted by atomic mass is 10.1. The summed E-state index contributed by atoms with van der Waals surface area (Å²) >= 11 is 1.10. The molecule has 0 atom stereocenters. The number of hydrogen-bond donors (Lipinski definition) is 0. The number of benzene rings is 2. The highest BCUT2D eigenvalue weighted by Crippen LogP contribution is 2.19. The van der Waals surface area contributed by atoms with Crippen LogP contribution >= 0.6 is 11.3 Å². The summed E-state index contributed by atoms with van der Waals surface area (Å²) in [4.78, 5) is 25.9. The molecule has 2 aromatic heterocycles. The molecule has 28 heavy (non-hydrogen) atoms. The van der Waals surface area contributed by atoms with Crippen LogP contribution in [0.2, 0.25) is 0 Å². The number of thiophene rings is 1. The fraction of sp³-hybridized carbons (Fsp3) is 0.0500. The first kappa shape index (κ1) is 17.8. The van der Waals surface area contributed by atoms with Crippen LogP contribution < -0.4 is 11.2 Å². The minimum absolute atomic E-state index is 0.00696. The van der Waals surface area contributed by atoms with Gasteiger partial charge in [-0.05, 0) is 35.2 Å². The molecule has 2 aromatic carbocycles. The normalized spacial score (nSPS) is 10.9. The summed E-state index contributed by atoms with van der Waals surface area (Å²) in [5.41, 5.74) is -0.650. The van der Waals surface area contributed by atoms with Crippen LogP contribution in [0, 0.1) is 23.0 Å². The van der Waals surface area contributed by atoms with E-state index in [1.807, 2.05) is 0 Å². The van der Waals surface area contributed by atoms with Gasteiger partial charge in [0.25, 0.3) is 5.56 Å². The zero-order valence-corrected chi connectivity index (χ0v) is 15.0. The zero-order valence-electron chi connectivity index (χ0n) is 14.2. The van der Waals surface area contributed by atoms with Gasteiger partial charge in [0.2, 0.25) is 0 Å². The Hall–Kier alpha value is -3.57. The van der Waals surface area contributed by atoms with Gasteiger partial charge in [0, 0.05) is 6.07 Å². The summed E-state index contributed by atoms with van der Waals surface area (Å²) in [6.07, 6.45) is 0. The van der Waals surface area contributed by atoms with Gasteiger partial charge in [-0.3, -0.25) is 9.36 Å². The molecule has 5 nitrogen and oxygen atoms in total. The van der Waals surface area contributed by atoms with E-state index in [0.717, 1.165) is 29.5 Å². The number of fused-ring (bicyclic) bond motifs is 1. The third kappa shape index (κ3) is 2.82. The highest BCUT2D eigenvalue weighted by molar-refractivity contribution is 7.17. The second-order valence-electron chi connectivity index (χ2n) is 6.01. The van der Waals surface area contributed by atoms with Crippen molar-refractivity contribution >= 4 is 21.6 Å². The molecular weight excluding hydrogens is 384 g/mol. The molecule has 0 aliphatic rings. The molecule has 0 N–H and O–H groups in total. The van der Waals surface area contributed by atoms with E-state index in [4.69, 9.17) is 0 Å². The number of aromatic nitrogens is 2. The molecule has 8 heteroatoms. The zero-order chi connectivity index (χ0) is 19.8. The van der Waals surface area contributed by atoms with Gasteiger partial charge in [0.05, 0.1) is 29.4 Å². The maximum Gasteiger partial charge on any atom is 0.336 e. The number of halogens is 2. The lowest BCUT2D eigenvalue weighted by Gasteiger charge is -2.13. The van der Waals surface area contributed by atoms with Crippen molar-refractivity contribution < 1.29 is 8.78 Å². The Balaban J connectivity index is 2.04. The summed E-state index contributed by atoms with van der Waals surface area (Å²) in [5.74, 6) is -1.66. The lowest BCUT2D eigenvalue weighted by Crippen LogP contribution is -2.39. The number of nitriles is 1. The average molecular weight is 395 g/mol. The summed E-state index contributed by atoms with van der Waals surface area (Å²) in [5, 5.41) is 10.9. The first-order chi connectivity index (χ1) is 13.5. The molecule has 0 saturated carbocycles. The number of rotatable bonds is 3. The van der Waals surface area contributed by atoms with Crippen LogP contribution in [-0.2, 0) is 6.54 Å². The van der Waals surface area contributed by atoms with E-state index in [2.05, 4.69) is 6.07 Å². The SMILES string of the molecule is N#Cc1ccccc1Cn1c(=O)n(-c2cc(F)ccc2F)c(=O)c2sccc21. The van der Waals surface area contributed by atoms with Gasteiger partial charge in [0.15, 0.2) is 0 Å². The minimum atomic E-state index is -0.888. The Morgan fingerprint density at radius 1 is 1.07 bits per heavy atom. The van der Waals surface area contributed by atoms with Crippen molar-refractivity contribution in [1.82, 2.24) is 9.13 Å². The molecule has 4 aromatic rings. The van der Waals surface area contributed by atoms with E-state index < -0.39 is 28.6 Å². The predicted octanol–water partition coefficient (Wildman–Crippen LogP) is 3.41. The molecule has 0 unspecified atom stereocenters. The van der Waals surface area contributed by atoms with E-state index >= 15 is 0 Å². The number of nitrogens with zero attached hydrogens (tertiary/aromatic N) is 3. The van der Waals surface area contributed by atoms with E-state index in [1.54, 1.807) is 35.7 Å². The van der Waals surface area contributed by atoms with Crippen molar-refractivity contribution in [3.63, 3.8) is 0 Å². The Morgan fingerprint density at radius 3 is 2.64 bits per heavy atom. The summed E-state index contributed by atoms with van der Waals surface area (Å²) in [6, 6.07) is 13.0. The van der Waals surface area contributed by atoms with Gasteiger partial charge >= 0.3 is 5.69 Å². The molecule has 0 aliphatic heterocycles. The van der Waals surface area contributed by atoms with E-state index in [9.17, 15) is 23.6 Å². The van der Waals surface area contributed by atoms with Crippen LogP contribution in [0.3, 0.4) is 0 Å². The van der Waals surface area contributed by atoms with Gasteiger partial charge in [-0.15, -0.1) is 11.3 Å². The molecule has 0 fully saturated rings. The largest absolute Gasteiger partial charge is 0.336 e. The molecule has 0 amide bonds. The van der Waals surface area contributed by atoms with Crippen LogP contribution in [0.25, 0.3) is 15.9 Å². The van der Waals surface area contributed by atoms with Crippen molar-refractivity contribution in [3.8, 4) is 11.8 Å². The Bertz CT molecular complexity index is 1380. The monoisotopic (exact) mass is 395 g/mol. The first-order valence-corrected chi connectivity index (χ1v) is 9.05. The minimum Gasteiger partial charge on any atom is -0.288 e. The Kier molecular flexibility index (Phi) is 4.37. The van der Waals surface area contributed by atoms with Crippen LogP contribution in [0.4, 0.5) is 8.78 Å². The van der Waals surface area contributed by atoms with E-state index in [-0.39, 0.29) is 11.2 Å². The van der Waals surface area contributed by atoms with E-state index in [1.165, 1.54) is 4.57 Å². The molecule has 0 spiro atoms. The topological polar surface area (TPSA) is 67.8 Å². The van der Waals surface area contributed by atoms with Gasteiger partial charge in [-0.1, -0.05) is 18.2 Å². The summed E-state index contributed by atoms with van der Waals surface area (Å²) in [6.45, 7) is 0.00696. The second kappa shape index (κ2) is 6.87. The third-order valence-corrected chi connectivity index (χ3v) is 5.26. The summed E-state index contributed by atoms with van der Waals surface area (Å²) in [7, 11) is 0. The number of hydrogen-bond acceptors (Lipinski definition) is 4. The van der Waals surface area contributed by atoms with Gasteiger partial charge in [-0.2, -0.15) is 5.26 Å². The van der Waals surface area contributed by atoms with Gasteiger partial charge in [0.1, 0.15) is 16.3 Å². The Morgan fingerprint density at radius 2 is 1.86 bits per heavy atom. The fourth-order valence-electron chi connectivity index (χ4n) is 3.05. The van der Waals surface area contributed by atoms with Crippen LogP contribution in [0.1, 0.15) is 11.1 Å². The molecule has 0 saturated heterocycles. The highest BCUT2D eigenvalue weighted by atomic mass is 32.1. The quantitative estimate of drug-likeness (QED) is 0.534. The van der Waals surface area contributed by atoms with Crippen molar-refractivity contribution in [2.24, 2.45) is 0 Å². The van der Waals surface area contributed by atoms with E-state index in [0.29, 0.717) is 21.2 Å². The smallest absolute Gasteiger partial charge is 0.288 e. The second-order valence-corrected chi connectivity index (χ2v) is 6.93. The van der Waals surface area contributed by atoms with Gasteiger partial charge < -0.3 is 0 Å². The molecule has 0 radical (unpaired) electrons. The fourth-order valence-corrected chi connectivity index (χ4v) is 3.87. The highest BCUT2D eigenvalue weighted by Gasteiger charge is 2.19. The molecule has 0 aliphatic carbocycles. The molecule has 0 bridgehead atoms. The van der Waals surface area contributed by atoms with Crippen molar-refractivity contribution in [2.45, 2.75) is 6.54 Å². The van der Waals surface area contributed by atoms with Crippen LogP contribution in [0.15, 0.2) is 63.5 Å². The molecular formula is C20H11F2N3O2S. The maximum absolute atomic E-state index is 14.3. The lowest BCUT2D eigenvalue weighted by molar-refractivity contribution is 0.584.